The fourth-order valence-corrected chi connectivity index (χ4v) is 4.33. The molecule has 1 saturated carbocycles. The van der Waals surface area contributed by atoms with Crippen LogP contribution in [0, 0.1) is 0 Å². The first-order valence-electron chi connectivity index (χ1n) is 9.14. The molecule has 1 aromatic rings. The van der Waals surface area contributed by atoms with E-state index in [1.807, 2.05) is 11.9 Å². The standard InChI is InChI=1S/C19H26Cl2N2O2/c1-22(17-6-2-3-7-18(17)23-10-4-5-11-23)19(24)13-25-14-8-9-15(20)16(21)12-14/h8-9,12,17-18H,2-7,10-11,13H2,1H3/t17-,18-/m1/s1. The number of likely N-dealkylation sites (tertiary alicyclic amines) is 1. The van der Waals surface area contributed by atoms with Crippen LogP contribution in [0.15, 0.2) is 18.2 Å². The van der Waals surface area contributed by atoms with Crippen LogP contribution in [0.25, 0.3) is 0 Å². The SMILES string of the molecule is CN(C(=O)COc1ccc(Cl)c(Cl)c1)[C@@H]1CCCC[C@H]1N1CCCC1. The zero-order valence-electron chi connectivity index (χ0n) is 14.7. The lowest BCUT2D eigenvalue weighted by atomic mass is 9.88. The number of ether oxygens (including phenoxy) is 1. The second-order valence-corrected chi connectivity index (χ2v) is 7.85. The number of amides is 1. The quantitative estimate of drug-likeness (QED) is 0.760. The molecule has 2 fully saturated rings. The molecule has 1 aliphatic heterocycles. The van der Waals surface area contributed by atoms with Gasteiger partial charge >= 0.3 is 0 Å². The molecule has 138 valence electrons. The van der Waals surface area contributed by atoms with E-state index in [1.54, 1.807) is 18.2 Å². The molecule has 0 bridgehead atoms. The first-order chi connectivity index (χ1) is 12.1. The van der Waals surface area contributed by atoms with Gasteiger partial charge in [-0.05, 0) is 50.9 Å². The Labute approximate surface area is 160 Å². The zero-order chi connectivity index (χ0) is 17.8. The minimum Gasteiger partial charge on any atom is -0.484 e. The molecule has 2 atom stereocenters. The van der Waals surface area contributed by atoms with E-state index in [9.17, 15) is 4.79 Å². The maximum absolute atomic E-state index is 12.7. The molecule has 4 nitrogen and oxygen atoms in total. The van der Waals surface area contributed by atoms with Crippen molar-refractivity contribution in [3.8, 4) is 5.75 Å². The van der Waals surface area contributed by atoms with Crippen LogP contribution in [0.1, 0.15) is 38.5 Å². The van der Waals surface area contributed by atoms with Crippen molar-refractivity contribution in [3.63, 3.8) is 0 Å². The Balaban J connectivity index is 1.59. The molecule has 1 amide bonds. The number of carbonyl (C=O) groups is 1. The highest BCUT2D eigenvalue weighted by atomic mass is 35.5. The zero-order valence-corrected chi connectivity index (χ0v) is 16.2. The largest absolute Gasteiger partial charge is 0.484 e. The number of carbonyl (C=O) groups excluding carboxylic acids is 1. The highest BCUT2D eigenvalue weighted by Gasteiger charge is 2.35. The number of nitrogens with zero attached hydrogens (tertiary/aromatic N) is 2. The summed E-state index contributed by atoms with van der Waals surface area (Å²) in [5, 5.41) is 0.912. The summed E-state index contributed by atoms with van der Waals surface area (Å²) >= 11 is 11.9. The number of likely N-dealkylation sites (N-methyl/N-ethyl adjacent to an activating group) is 1. The minimum absolute atomic E-state index is 0.0159. The van der Waals surface area contributed by atoms with Gasteiger partial charge in [0.25, 0.3) is 5.91 Å². The minimum atomic E-state index is 0.0159. The fourth-order valence-electron chi connectivity index (χ4n) is 4.04. The third-order valence-electron chi connectivity index (χ3n) is 5.45. The van der Waals surface area contributed by atoms with Crippen LogP contribution in [0.3, 0.4) is 0 Å². The first-order valence-corrected chi connectivity index (χ1v) is 9.89. The van der Waals surface area contributed by atoms with E-state index in [2.05, 4.69) is 4.90 Å². The van der Waals surface area contributed by atoms with Crippen LogP contribution in [-0.4, -0.2) is 54.5 Å². The van der Waals surface area contributed by atoms with Crippen molar-refractivity contribution < 1.29 is 9.53 Å². The molecular weight excluding hydrogens is 359 g/mol. The summed E-state index contributed by atoms with van der Waals surface area (Å²) in [5.41, 5.74) is 0. The summed E-state index contributed by atoms with van der Waals surface area (Å²) in [5.74, 6) is 0.582. The van der Waals surface area contributed by atoms with Gasteiger partial charge in [0.1, 0.15) is 5.75 Å². The van der Waals surface area contributed by atoms with E-state index in [4.69, 9.17) is 27.9 Å². The Morgan fingerprint density at radius 2 is 1.88 bits per heavy atom. The Kier molecular flexibility index (Phi) is 6.48. The van der Waals surface area contributed by atoms with Crippen molar-refractivity contribution in [1.29, 1.82) is 0 Å². The summed E-state index contributed by atoms with van der Waals surface area (Å²) in [6, 6.07) is 5.84. The van der Waals surface area contributed by atoms with E-state index < -0.39 is 0 Å². The summed E-state index contributed by atoms with van der Waals surface area (Å²) in [6.07, 6.45) is 7.29. The third-order valence-corrected chi connectivity index (χ3v) is 6.19. The van der Waals surface area contributed by atoms with Gasteiger partial charge < -0.3 is 9.64 Å². The van der Waals surface area contributed by atoms with Crippen molar-refractivity contribution >= 4 is 29.1 Å². The molecule has 0 unspecified atom stereocenters. The lowest BCUT2D eigenvalue weighted by Crippen LogP contribution is -2.53. The lowest BCUT2D eigenvalue weighted by molar-refractivity contribution is -0.136. The number of rotatable bonds is 5. The maximum atomic E-state index is 12.7. The van der Waals surface area contributed by atoms with Gasteiger partial charge in [-0.1, -0.05) is 36.0 Å². The molecule has 0 aromatic heterocycles. The van der Waals surface area contributed by atoms with Gasteiger partial charge in [-0.15, -0.1) is 0 Å². The van der Waals surface area contributed by atoms with Crippen LogP contribution >= 0.6 is 23.2 Å². The molecule has 3 rings (SSSR count). The van der Waals surface area contributed by atoms with E-state index in [-0.39, 0.29) is 18.6 Å². The van der Waals surface area contributed by atoms with E-state index in [1.165, 1.54) is 45.2 Å². The molecule has 25 heavy (non-hydrogen) atoms. The van der Waals surface area contributed by atoms with Crippen LogP contribution < -0.4 is 4.74 Å². The van der Waals surface area contributed by atoms with Crippen molar-refractivity contribution in [2.45, 2.75) is 50.6 Å². The van der Waals surface area contributed by atoms with Gasteiger partial charge in [0.2, 0.25) is 0 Å². The lowest BCUT2D eigenvalue weighted by Gasteiger charge is -2.42. The van der Waals surface area contributed by atoms with E-state index >= 15 is 0 Å². The number of hydrogen-bond donors (Lipinski definition) is 0. The summed E-state index contributed by atoms with van der Waals surface area (Å²) < 4.78 is 5.63. The third kappa shape index (κ3) is 4.60. The molecule has 1 heterocycles. The summed E-state index contributed by atoms with van der Waals surface area (Å²) in [4.78, 5) is 17.1. The highest BCUT2D eigenvalue weighted by molar-refractivity contribution is 6.42. The molecular formula is C19H26Cl2N2O2. The van der Waals surface area contributed by atoms with E-state index in [0.29, 0.717) is 21.8 Å². The average Bonchev–Trinajstić information content (AvgIpc) is 3.16. The summed E-state index contributed by atoms with van der Waals surface area (Å²) in [6.45, 7) is 2.36. The normalized spacial score (nSPS) is 24.3. The monoisotopic (exact) mass is 384 g/mol. The van der Waals surface area contributed by atoms with Gasteiger partial charge in [-0.25, -0.2) is 0 Å². The molecule has 0 radical (unpaired) electrons. The van der Waals surface area contributed by atoms with Gasteiger partial charge in [0.15, 0.2) is 6.61 Å². The van der Waals surface area contributed by atoms with Gasteiger partial charge in [0.05, 0.1) is 10.0 Å². The summed E-state index contributed by atoms with van der Waals surface area (Å²) in [7, 11) is 1.92. The Morgan fingerprint density at radius 1 is 1.16 bits per heavy atom. The molecule has 1 aromatic carbocycles. The van der Waals surface area contributed by atoms with Gasteiger partial charge in [-0.2, -0.15) is 0 Å². The molecule has 6 heteroatoms. The predicted octanol–water partition coefficient (Wildman–Crippen LogP) is 4.24. The van der Waals surface area contributed by atoms with Crippen LogP contribution in [0.5, 0.6) is 5.75 Å². The average molecular weight is 385 g/mol. The Morgan fingerprint density at radius 3 is 2.60 bits per heavy atom. The fraction of sp³-hybridized carbons (Fsp3) is 0.632. The molecule has 0 N–H and O–H groups in total. The van der Waals surface area contributed by atoms with Crippen molar-refractivity contribution in [2.24, 2.45) is 0 Å². The molecule has 2 aliphatic rings. The van der Waals surface area contributed by atoms with Gasteiger partial charge in [-0.3, -0.25) is 9.69 Å². The second-order valence-electron chi connectivity index (χ2n) is 7.03. The smallest absolute Gasteiger partial charge is 0.260 e. The number of halogens is 2. The first kappa shape index (κ1) is 18.8. The molecule has 1 aliphatic carbocycles. The van der Waals surface area contributed by atoms with E-state index in [0.717, 1.165) is 6.42 Å². The Hall–Kier alpha value is -0.970. The van der Waals surface area contributed by atoms with Crippen molar-refractivity contribution in [1.82, 2.24) is 9.80 Å². The predicted molar refractivity (Wildman–Crippen MR) is 102 cm³/mol. The van der Waals surface area contributed by atoms with Crippen LogP contribution in [0.4, 0.5) is 0 Å². The Bertz CT molecular complexity index is 605. The van der Waals surface area contributed by atoms with Crippen LogP contribution in [-0.2, 0) is 4.79 Å². The molecule has 0 spiro atoms. The number of hydrogen-bond acceptors (Lipinski definition) is 3. The van der Waals surface area contributed by atoms with Crippen molar-refractivity contribution in [2.75, 3.05) is 26.7 Å². The topological polar surface area (TPSA) is 32.8 Å². The molecule has 1 saturated heterocycles. The second kappa shape index (κ2) is 8.61. The number of benzene rings is 1. The van der Waals surface area contributed by atoms with Gasteiger partial charge in [0, 0.05) is 25.2 Å². The van der Waals surface area contributed by atoms with Crippen LogP contribution in [0.2, 0.25) is 10.0 Å². The maximum Gasteiger partial charge on any atom is 0.260 e. The van der Waals surface area contributed by atoms with Crippen molar-refractivity contribution in [3.05, 3.63) is 28.2 Å². The highest BCUT2D eigenvalue weighted by Crippen LogP contribution is 2.29.